The van der Waals surface area contributed by atoms with Crippen LogP contribution >= 0.6 is 0 Å². The Balaban J connectivity index is 2.18. The van der Waals surface area contributed by atoms with Crippen molar-refractivity contribution in [1.29, 1.82) is 0 Å². The SMILES string of the molecule is Cc1cc(C(=O)N(C)Cc2ccccc2)nc(NC(C)(C)C)n1. The number of benzene rings is 1. The Kier molecular flexibility index (Phi) is 4.98. The first kappa shape index (κ1) is 16.9. The van der Waals surface area contributed by atoms with Crippen molar-refractivity contribution in [1.82, 2.24) is 14.9 Å². The Morgan fingerprint density at radius 2 is 1.83 bits per heavy atom. The highest BCUT2D eigenvalue weighted by Crippen LogP contribution is 2.13. The minimum absolute atomic E-state index is 0.115. The summed E-state index contributed by atoms with van der Waals surface area (Å²) in [6.07, 6.45) is 0. The predicted molar refractivity (Wildman–Crippen MR) is 92.4 cm³/mol. The van der Waals surface area contributed by atoms with Crippen molar-refractivity contribution in [3.05, 3.63) is 53.3 Å². The molecule has 0 unspecified atom stereocenters. The summed E-state index contributed by atoms with van der Waals surface area (Å²) in [4.78, 5) is 23.0. The molecule has 1 aromatic heterocycles. The number of hydrogen-bond donors (Lipinski definition) is 1. The number of carbonyl (C=O) groups is 1. The summed E-state index contributed by atoms with van der Waals surface area (Å²) in [5.74, 6) is 0.366. The van der Waals surface area contributed by atoms with Crippen LogP contribution in [0.2, 0.25) is 0 Å². The molecule has 0 radical (unpaired) electrons. The maximum Gasteiger partial charge on any atom is 0.272 e. The minimum atomic E-state index is -0.163. The van der Waals surface area contributed by atoms with E-state index in [0.717, 1.165) is 11.3 Å². The molecule has 5 heteroatoms. The second-order valence-electron chi connectivity index (χ2n) is 6.74. The largest absolute Gasteiger partial charge is 0.350 e. The number of hydrogen-bond acceptors (Lipinski definition) is 4. The number of anilines is 1. The molecule has 1 heterocycles. The van der Waals surface area contributed by atoms with E-state index in [9.17, 15) is 4.79 Å². The average molecular weight is 312 g/mol. The number of amides is 1. The topological polar surface area (TPSA) is 58.1 Å². The van der Waals surface area contributed by atoms with E-state index in [1.165, 1.54) is 0 Å². The molecule has 1 amide bonds. The molecule has 0 saturated carbocycles. The van der Waals surface area contributed by atoms with Crippen LogP contribution in [0.15, 0.2) is 36.4 Å². The molecule has 0 saturated heterocycles. The van der Waals surface area contributed by atoms with E-state index < -0.39 is 0 Å². The Labute approximate surface area is 137 Å². The molecular formula is C18H24N4O. The Morgan fingerprint density at radius 1 is 1.17 bits per heavy atom. The zero-order valence-corrected chi connectivity index (χ0v) is 14.4. The number of nitrogens with zero attached hydrogens (tertiary/aromatic N) is 3. The highest BCUT2D eigenvalue weighted by molar-refractivity contribution is 5.92. The standard InChI is InChI=1S/C18H24N4O/c1-13-11-15(20-17(19-13)21-18(2,3)4)16(23)22(5)12-14-9-7-6-8-10-14/h6-11H,12H2,1-5H3,(H,19,20,21). The third kappa shape index (κ3) is 5.06. The molecule has 0 spiro atoms. The van der Waals surface area contributed by atoms with Crippen LogP contribution < -0.4 is 5.32 Å². The summed E-state index contributed by atoms with van der Waals surface area (Å²) in [6.45, 7) is 8.50. The fourth-order valence-corrected chi connectivity index (χ4v) is 2.19. The molecule has 23 heavy (non-hydrogen) atoms. The van der Waals surface area contributed by atoms with Gasteiger partial charge in [0.15, 0.2) is 0 Å². The summed E-state index contributed by atoms with van der Waals surface area (Å²) < 4.78 is 0. The number of aromatic nitrogens is 2. The molecule has 1 N–H and O–H groups in total. The van der Waals surface area contributed by atoms with E-state index in [4.69, 9.17) is 0 Å². The molecule has 0 bridgehead atoms. The van der Waals surface area contributed by atoms with E-state index in [1.54, 1.807) is 18.0 Å². The van der Waals surface area contributed by atoms with Crippen LogP contribution in [0.3, 0.4) is 0 Å². The summed E-state index contributed by atoms with van der Waals surface area (Å²) in [5.41, 5.74) is 2.09. The second kappa shape index (κ2) is 6.77. The van der Waals surface area contributed by atoms with Gasteiger partial charge in [-0.25, -0.2) is 9.97 Å². The van der Waals surface area contributed by atoms with Gasteiger partial charge < -0.3 is 10.2 Å². The van der Waals surface area contributed by atoms with Crippen LogP contribution in [-0.4, -0.2) is 33.4 Å². The summed E-state index contributed by atoms with van der Waals surface area (Å²) in [5, 5.41) is 3.21. The summed E-state index contributed by atoms with van der Waals surface area (Å²) in [7, 11) is 1.78. The first-order valence-electron chi connectivity index (χ1n) is 7.68. The van der Waals surface area contributed by atoms with Gasteiger partial charge in [0.25, 0.3) is 5.91 Å². The van der Waals surface area contributed by atoms with Crippen LogP contribution in [0, 0.1) is 6.92 Å². The number of nitrogens with one attached hydrogen (secondary N) is 1. The molecule has 122 valence electrons. The molecule has 0 fully saturated rings. The second-order valence-corrected chi connectivity index (χ2v) is 6.74. The van der Waals surface area contributed by atoms with Crippen LogP contribution in [0.25, 0.3) is 0 Å². The molecule has 1 aromatic carbocycles. The van der Waals surface area contributed by atoms with E-state index in [1.807, 2.05) is 58.0 Å². The number of aryl methyl sites for hydroxylation is 1. The lowest BCUT2D eigenvalue weighted by Gasteiger charge is -2.22. The lowest BCUT2D eigenvalue weighted by molar-refractivity contribution is 0.0779. The molecule has 0 aliphatic carbocycles. The highest BCUT2D eigenvalue weighted by Gasteiger charge is 2.17. The van der Waals surface area contributed by atoms with Gasteiger partial charge in [-0.2, -0.15) is 0 Å². The first-order chi connectivity index (χ1) is 10.7. The zero-order chi connectivity index (χ0) is 17.0. The van der Waals surface area contributed by atoms with E-state index in [-0.39, 0.29) is 11.4 Å². The van der Waals surface area contributed by atoms with Gasteiger partial charge >= 0.3 is 0 Å². The quantitative estimate of drug-likeness (QED) is 0.941. The van der Waals surface area contributed by atoms with Crippen LogP contribution in [0.4, 0.5) is 5.95 Å². The van der Waals surface area contributed by atoms with Crippen molar-refractivity contribution in [2.75, 3.05) is 12.4 Å². The first-order valence-corrected chi connectivity index (χ1v) is 7.68. The van der Waals surface area contributed by atoms with Crippen LogP contribution in [-0.2, 0) is 6.54 Å². The van der Waals surface area contributed by atoms with Crippen molar-refractivity contribution < 1.29 is 4.79 Å². The Hall–Kier alpha value is -2.43. The molecular weight excluding hydrogens is 288 g/mol. The van der Waals surface area contributed by atoms with Gasteiger partial charge in [-0.05, 0) is 39.3 Å². The van der Waals surface area contributed by atoms with Crippen LogP contribution in [0.1, 0.15) is 42.5 Å². The third-order valence-electron chi connectivity index (χ3n) is 3.17. The zero-order valence-electron chi connectivity index (χ0n) is 14.4. The fraction of sp³-hybridized carbons (Fsp3) is 0.389. The fourth-order valence-electron chi connectivity index (χ4n) is 2.19. The predicted octanol–water partition coefficient (Wildman–Crippen LogP) is 3.27. The van der Waals surface area contributed by atoms with Gasteiger partial charge in [0.1, 0.15) is 5.69 Å². The number of rotatable bonds is 4. The van der Waals surface area contributed by atoms with Crippen LogP contribution in [0.5, 0.6) is 0 Å². The Bertz CT molecular complexity index is 677. The Morgan fingerprint density at radius 3 is 2.43 bits per heavy atom. The highest BCUT2D eigenvalue weighted by atomic mass is 16.2. The van der Waals surface area contributed by atoms with Gasteiger partial charge in [-0.15, -0.1) is 0 Å². The molecule has 5 nitrogen and oxygen atoms in total. The molecule has 2 rings (SSSR count). The lowest BCUT2D eigenvalue weighted by atomic mass is 10.1. The van der Waals surface area contributed by atoms with Crippen molar-refractivity contribution in [3.8, 4) is 0 Å². The molecule has 0 aliphatic rings. The van der Waals surface area contributed by atoms with Crippen molar-refractivity contribution in [3.63, 3.8) is 0 Å². The van der Waals surface area contributed by atoms with Gasteiger partial charge in [-0.3, -0.25) is 4.79 Å². The summed E-state index contributed by atoms with van der Waals surface area (Å²) in [6, 6.07) is 11.6. The van der Waals surface area contributed by atoms with E-state index >= 15 is 0 Å². The van der Waals surface area contributed by atoms with Crippen molar-refractivity contribution >= 4 is 11.9 Å². The summed E-state index contributed by atoms with van der Waals surface area (Å²) >= 11 is 0. The van der Waals surface area contributed by atoms with Gasteiger partial charge in [0.2, 0.25) is 5.95 Å². The van der Waals surface area contributed by atoms with E-state index in [2.05, 4.69) is 15.3 Å². The average Bonchev–Trinajstić information content (AvgIpc) is 2.45. The van der Waals surface area contributed by atoms with Gasteiger partial charge in [0, 0.05) is 24.8 Å². The molecule has 2 aromatic rings. The van der Waals surface area contributed by atoms with Crippen molar-refractivity contribution in [2.45, 2.75) is 39.8 Å². The minimum Gasteiger partial charge on any atom is -0.350 e. The van der Waals surface area contributed by atoms with Crippen molar-refractivity contribution in [2.24, 2.45) is 0 Å². The van der Waals surface area contributed by atoms with E-state index in [0.29, 0.717) is 18.2 Å². The normalized spacial score (nSPS) is 11.2. The monoisotopic (exact) mass is 312 g/mol. The molecule has 0 aliphatic heterocycles. The maximum atomic E-state index is 12.6. The maximum absolute atomic E-state index is 12.6. The lowest BCUT2D eigenvalue weighted by Crippen LogP contribution is -2.30. The number of carbonyl (C=O) groups excluding carboxylic acids is 1. The smallest absolute Gasteiger partial charge is 0.272 e. The third-order valence-corrected chi connectivity index (χ3v) is 3.17. The molecule has 0 atom stereocenters. The van der Waals surface area contributed by atoms with Gasteiger partial charge in [-0.1, -0.05) is 30.3 Å². The van der Waals surface area contributed by atoms with Gasteiger partial charge in [0.05, 0.1) is 0 Å².